The van der Waals surface area contributed by atoms with Gasteiger partial charge in [-0.25, -0.2) is 22.2 Å². The summed E-state index contributed by atoms with van der Waals surface area (Å²) < 4.78 is 58.4. The summed E-state index contributed by atoms with van der Waals surface area (Å²) in [4.78, 5) is 4.47. The third-order valence-corrected chi connectivity index (χ3v) is 7.90. The fourth-order valence-electron chi connectivity index (χ4n) is 5.21. The Morgan fingerprint density at radius 3 is 2.45 bits per heavy atom. The van der Waals surface area contributed by atoms with E-state index in [0.29, 0.717) is 33.7 Å². The number of halogens is 6. The minimum Gasteiger partial charge on any atom is -0.371 e. The van der Waals surface area contributed by atoms with Crippen LogP contribution in [0.1, 0.15) is 41.7 Å². The molecule has 1 atom stereocenters. The van der Waals surface area contributed by atoms with Gasteiger partial charge in [-0.3, -0.25) is 4.98 Å². The Balaban J connectivity index is 1.46. The minimum absolute atomic E-state index is 0.0415. The Bertz CT molecular complexity index is 1900. The van der Waals surface area contributed by atoms with Crippen LogP contribution in [0.15, 0.2) is 54.9 Å². The quantitative estimate of drug-likeness (QED) is 0.126. The average molecular weight is 641 g/mol. The lowest BCUT2D eigenvalue weighted by Gasteiger charge is -2.23. The van der Waals surface area contributed by atoms with E-state index in [1.807, 2.05) is 0 Å². The second-order valence-electron chi connectivity index (χ2n) is 10.2. The molecule has 6 rings (SSSR count). The molecule has 3 heterocycles. The second-order valence-corrected chi connectivity index (χ2v) is 11.1. The zero-order valence-corrected chi connectivity index (χ0v) is 24.2. The number of nitrogens with one attached hydrogen (secondary N) is 3. The van der Waals surface area contributed by atoms with E-state index >= 15 is 0 Å². The predicted octanol–water partition coefficient (Wildman–Crippen LogP) is 7.43. The van der Waals surface area contributed by atoms with Crippen molar-refractivity contribution in [3.05, 3.63) is 105 Å². The standard InChI is InChI=1S/C30H22Cl2F4N8/c31-17-9-20-28(40-18-1-2-22(33)21(32)11-18)16(12-37)13-39-30(20)25(10-17)41-29(15-7-23(34)27(36)24(35)8-15)26-14-44(43-42-26)19-3-5-38-6-4-19/h1-2,7-11,13-14,19,29,38,41H,3-6H2,(H,39,40). The van der Waals surface area contributed by atoms with Crippen LogP contribution >= 0.6 is 23.2 Å². The van der Waals surface area contributed by atoms with Crippen molar-refractivity contribution in [2.45, 2.75) is 24.9 Å². The summed E-state index contributed by atoms with van der Waals surface area (Å²) in [5, 5.41) is 28.5. The van der Waals surface area contributed by atoms with Gasteiger partial charge in [0.2, 0.25) is 0 Å². The Morgan fingerprint density at radius 1 is 1.00 bits per heavy atom. The Hall–Kier alpha value is -4.44. The normalized spacial score (nSPS) is 14.4. The molecule has 224 valence electrons. The number of nitrogens with zero attached hydrogens (tertiary/aromatic N) is 5. The molecule has 1 aliphatic heterocycles. The van der Waals surface area contributed by atoms with Gasteiger partial charge in [-0.15, -0.1) is 5.10 Å². The lowest BCUT2D eigenvalue weighted by Crippen LogP contribution is -2.29. The van der Waals surface area contributed by atoms with Gasteiger partial charge >= 0.3 is 0 Å². The minimum atomic E-state index is -1.60. The van der Waals surface area contributed by atoms with Crippen molar-refractivity contribution in [3.63, 3.8) is 0 Å². The van der Waals surface area contributed by atoms with Crippen molar-refractivity contribution in [2.75, 3.05) is 23.7 Å². The van der Waals surface area contributed by atoms with Crippen molar-refractivity contribution in [1.29, 1.82) is 5.26 Å². The number of anilines is 3. The Morgan fingerprint density at radius 2 is 1.75 bits per heavy atom. The van der Waals surface area contributed by atoms with Crippen molar-refractivity contribution in [1.82, 2.24) is 25.3 Å². The number of benzene rings is 3. The van der Waals surface area contributed by atoms with Gasteiger partial charge in [0.25, 0.3) is 0 Å². The Kier molecular flexibility index (Phi) is 8.27. The van der Waals surface area contributed by atoms with Crippen LogP contribution in [0.4, 0.5) is 34.6 Å². The molecule has 14 heteroatoms. The van der Waals surface area contributed by atoms with Crippen LogP contribution in [0.2, 0.25) is 10.0 Å². The van der Waals surface area contributed by atoms with E-state index < -0.39 is 29.3 Å². The van der Waals surface area contributed by atoms with Gasteiger partial charge in [0.1, 0.15) is 17.6 Å². The number of rotatable bonds is 7. The summed E-state index contributed by atoms with van der Waals surface area (Å²) in [7, 11) is 0. The van der Waals surface area contributed by atoms with Gasteiger partial charge in [0.15, 0.2) is 17.5 Å². The van der Waals surface area contributed by atoms with Crippen LogP contribution in [0.5, 0.6) is 0 Å². The number of hydrogen-bond donors (Lipinski definition) is 3. The van der Waals surface area contributed by atoms with Crippen molar-refractivity contribution >= 4 is 51.2 Å². The molecule has 44 heavy (non-hydrogen) atoms. The predicted molar refractivity (Wildman–Crippen MR) is 159 cm³/mol. The first-order valence-corrected chi connectivity index (χ1v) is 14.2. The van der Waals surface area contributed by atoms with E-state index in [0.717, 1.165) is 38.1 Å². The zero-order valence-electron chi connectivity index (χ0n) is 22.7. The van der Waals surface area contributed by atoms with Crippen LogP contribution in [0, 0.1) is 34.6 Å². The van der Waals surface area contributed by atoms with Crippen LogP contribution in [0.25, 0.3) is 10.9 Å². The van der Waals surface area contributed by atoms with Gasteiger partial charge in [0.05, 0.1) is 45.8 Å². The fourth-order valence-corrected chi connectivity index (χ4v) is 5.61. The number of piperidine rings is 1. The highest BCUT2D eigenvalue weighted by Crippen LogP contribution is 2.38. The first-order chi connectivity index (χ1) is 21.2. The molecule has 1 saturated heterocycles. The number of aromatic nitrogens is 4. The van der Waals surface area contributed by atoms with E-state index in [1.54, 1.807) is 23.0 Å². The summed E-state index contributed by atoms with van der Waals surface area (Å²) >= 11 is 12.5. The molecule has 1 fully saturated rings. The molecule has 0 aliphatic carbocycles. The SMILES string of the molecule is N#Cc1cnc2c(NC(c3cc(F)c(F)c(F)c3)c3cn(C4CCNCC4)nn3)cc(Cl)cc2c1Nc1ccc(F)c(Cl)c1. The smallest absolute Gasteiger partial charge is 0.194 e. The van der Waals surface area contributed by atoms with E-state index in [1.165, 1.54) is 24.4 Å². The molecule has 8 nitrogen and oxygen atoms in total. The average Bonchev–Trinajstić information content (AvgIpc) is 3.51. The van der Waals surface area contributed by atoms with Crippen molar-refractivity contribution < 1.29 is 17.6 Å². The lowest BCUT2D eigenvalue weighted by molar-refractivity contribution is 0.337. The largest absolute Gasteiger partial charge is 0.371 e. The molecular weight excluding hydrogens is 619 g/mol. The van der Waals surface area contributed by atoms with Crippen LogP contribution < -0.4 is 16.0 Å². The maximum atomic E-state index is 14.5. The van der Waals surface area contributed by atoms with Gasteiger partial charge in [-0.05, 0) is 74.0 Å². The van der Waals surface area contributed by atoms with E-state index in [2.05, 4.69) is 37.3 Å². The summed E-state index contributed by atoms with van der Waals surface area (Å²) in [6.07, 6.45) is 4.67. The highest BCUT2D eigenvalue weighted by Gasteiger charge is 2.26. The summed E-state index contributed by atoms with van der Waals surface area (Å²) in [6, 6.07) is 10.1. The number of pyridine rings is 1. The van der Waals surface area contributed by atoms with Gasteiger partial charge in [-0.2, -0.15) is 5.26 Å². The highest BCUT2D eigenvalue weighted by atomic mass is 35.5. The van der Waals surface area contributed by atoms with E-state index in [9.17, 15) is 22.8 Å². The van der Waals surface area contributed by atoms with Crippen LogP contribution in [-0.2, 0) is 0 Å². The molecule has 0 spiro atoms. The van der Waals surface area contributed by atoms with Gasteiger partial charge in [0, 0.05) is 22.3 Å². The molecule has 0 amide bonds. The maximum absolute atomic E-state index is 14.5. The molecule has 0 radical (unpaired) electrons. The van der Waals surface area contributed by atoms with Crippen molar-refractivity contribution in [3.8, 4) is 6.07 Å². The van der Waals surface area contributed by atoms with E-state index in [-0.39, 0.29) is 27.2 Å². The van der Waals surface area contributed by atoms with Crippen molar-refractivity contribution in [2.24, 2.45) is 0 Å². The number of fused-ring (bicyclic) bond motifs is 1. The maximum Gasteiger partial charge on any atom is 0.194 e. The molecular formula is C30H22Cl2F4N8. The second kappa shape index (κ2) is 12.3. The molecule has 3 aromatic carbocycles. The molecule has 5 aromatic rings. The van der Waals surface area contributed by atoms with Crippen LogP contribution in [0.3, 0.4) is 0 Å². The number of nitriles is 1. The first-order valence-electron chi connectivity index (χ1n) is 13.5. The monoisotopic (exact) mass is 640 g/mol. The summed E-state index contributed by atoms with van der Waals surface area (Å²) in [5.74, 6) is -4.94. The van der Waals surface area contributed by atoms with Gasteiger partial charge < -0.3 is 16.0 Å². The van der Waals surface area contributed by atoms with E-state index in [4.69, 9.17) is 23.2 Å². The number of hydrogen-bond acceptors (Lipinski definition) is 7. The fraction of sp³-hybridized carbons (Fsp3) is 0.200. The molecule has 3 N–H and O–H groups in total. The Labute approximate surface area is 258 Å². The topological polar surface area (TPSA) is 103 Å². The summed E-state index contributed by atoms with van der Waals surface area (Å²) in [6.45, 7) is 1.61. The molecule has 1 unspecified atom stereocenters. The molecule has 0 bridgehead atoms. The van der Waals surface area contributed by atoms with Gasteiger partial charge in [-0.1, -0.05) is 28.4 Å². The summed E-state index contributed by atoms with van der Waals surface area (Å²) in [5.41, 5.74) is 1.90. The lowest BCUT2D eigenvalue weighted by atomic mass is 10.0. The molecule has 1 aliphatic rings. The van der Waals surface area contributed by atoms with Crippen LogP contribution in [-0.4, -0.2) is 33.1 Å². The highest BCUT2D eigenvalue weighted by molar-refractivity contribution is 6.32. The third-order valence-electron chi connectivity index (χ3n) is 7.39. The third kappa shape index (κ3) is 5.86. The molecule has 2 aromatic heterocycles. The first kappa shape index (κ1) is 29.6. The molecule has 0 saturated carbocycles. The zero-order chi connectivity index (χ0) is 31.0.